The van der Waals surface area contributed by atoms with Crippen molar-refractivity contribution in [2.75, 3.05) is 17.8 Å². The molecule has 162 valence electrons. The Kier molecular flexibility index (Phi) is 6.01. The number of nitrogens with zero attached hydrogens (tertiary/aromatic N) is 2. The SMILES string of the molecule is CC1CCCN(S(=O)(=O)c2ccc(NS(=O)(=O)c3ccc(O)c([N+](=O)[O-])c3)cc2)C1. The number of phenolic OH excluding ortho intramolecular Hbond substituents is 1. The summed E-state index contributed by atoms with van der Waals surface area (Å²) in [5.74, 6) is -0.380. The minimum Gasteiger partial charge on any atom is -0.502 e. The number of nitro benzene ring substituents is 1. The molecule has 0 bridgehead atoms. The third kappa shape index (κ3) is 4.55. The predicted molar refractivity (Wildman–Crippen MR) is 109 cm³/mol. The van der Waals surface area contributed by atoms with Gasteiger partial charge in [0.1, 0.15) is 0 Å². The average molecular weight is 456 g/mol. The molecule has 2 aromatic rings. The van der Waals surface area contributed by atoms with Gasteiger partial charge in [0, 0.05) is 24.8 Å². The lowest BCUT2D eigenvalue weighted by Crippen LogP contribution is -2.39. The third-order valence-corrected chi connectivity index (χ3v) is 8.08. The highest BCUT2D eigenvalue weighted by Crippen LogP contribution is 2.29. The normalized spacial score (nSPS) is 18.1. The van der Waals surface area contributed by atoms with Gasteiger partial charge in [-0.05, 0) is 55.2 Å². The van der Waals surface area contributed by atoms with E-state index < -0.39 is 41.3 Å². The van der Waals surface area contributed by atoms with Crippen LogP contribution in [-0.4, -0.2) is 44.3 Å². The first-order valence-electron chi connectivity index (χ1n) is 9.11. The van der Waals surface area contributed by atoms with Crippen LogP contribution in [0.2, 0.25) is 0 Å². The summed E-state index contributed by atoms with van der Waals surface area (Å²) < 4.78 is 54.3. The number of rotatable bonds is 6. The fourth-order valence-electron chi connectivity index (χ4n) is 3.24. The lowest BCUT2D eigenvalue weighted by atomic mass is 10.0. The van der Waals surface area contributed by atoms with Crippen molar-refractivity contribution >= 4 is 31.4 Å². The highest BCUT2D eigenvalue weighted by Gasteiger charge is 2.28. The molecular formula is C18H21N3O7S2. The van der Waals surface area contributed by atoms with E-state index >= 15 is 0 Å². The molecule has 12 heteroatoms. The molecule has 2 N–H and O–H groups in total. The molecule has 10 nitrogen and oxygen atoms in total. The van der Waals surface area contributed by atoms with Crippen LogP contribution in [0.4, 0.5) is 11.4 Å². The minimum absolute atomic E-state index is 0.0554. The molecule has 0 saturated carbocycles. The minimum atomic E-state index is -4.19. The van der Waals surface area contributed by atoms with E-state index in [1.54, 1.807) is 0 Å². The van der Waals surface area contributed by atoms with Crippen LogP contribution in [-0.2, 0) is 20.0 Å². The van der Waals surface area contributed by atoms with Gasteiger partial charge in [0.15, 0.2) is 5.75 Å². The molecule has 0 aromatic heterocycles. The summed E-state index contributed by atoms with van der Waals surface area (Å²) in [6.07, 6.45) is 1.76. The number of sulfonamides is 2. The number of nitro groups is 1. The Morgan fingerprint density at radius 1 is 1.10 bits per heavy atom. The number of nitrogens with one attached hydrogen (secondary N) is 1. The van der Waals surface area contributed by atoms with Crippen molar-refractivity contribution in [2.45, 2.75) is 29.6 Å². The summed E-state index contributed by atoms with van der Waals surface area (Å²) in [5, 5.41) is 20.4. The summed E-state index contributed by atoms with van der Waals surface area (Å²) >= 11 is 0. The molecule has 0 radical (unpaired) electrons. The molecule has 0 spiro atoms. The van der Waals surface area contributed by atoms with Gasteiger partial charge < -0.3 is 5.11 Å². The van der Waals surface area contributed by atoms with E-state index in [1.807, 2.05) is 6.92 Å². The quantitative estimate of drug-likeness (QED) is 0.502. The first-order valence-corrected chi connectivity index (χ1v) is 12.0. The van der Waals surface area contributed by atoms with E-state index in [0.29, 0.717) is 13.1 Å². The lowest BCUT2D eigenvalue weighted by molar-refractivity contribution is -0.386. The Hall–Kier alpha value is -2.70. The van der Waals surface area contributed by atoms with Gasteiger partial charge in [-0.1, -0.05) is 6.92 Å². The summed E-state index contributed by atoms with van der Waals surface area (Å²) in [4.78, 5) is 9.66. The topological polar surface area (TPSA) is 147 Å². The molecule has 1 saturated heterocycles. The maximum atomic E-state index is 12.8. The predicted octanol–water partition coefficient (Wildman–Crippen LogP) is 2.52. The molecule has 0 aliphatic carbocycles. The lowest BCUT2D eigenvalue weighted by Gasteiger charge is -2.30. The number of benzene rings is 2. The van der Waals surface area contributed by atoms with Crippen molar-refractivity contribution in [3.63, 3.8) is 0 Å². The fraction of sp³-hybridized carbons (Fsp3) is 0.333. The zero-order valence-corrected chi connectivity index (χ0v) is 17.7. The van der Waals surface area contributed by atoms with E-state index in [-0.39, 0.29) is 16.5 Å². The maximum absolute atomic E-state index is 12.8. The van der Waals surface area contributed by atoms with Gasteiger partial charge in [-0.2, -0.15) is 4.31 Å². The molecule has 1 atom stereocenters. The zero-order valence-electron chi connectivity index (χ0n) is 16.1. The van der Waals surface area contributed by atoms with Crippen LogP contribution >= 0.6 is 0 Å². The Labute approximate surface area is 174 Å². The molecule has 3 rings (SSSR count). The zero-order chi connectivity index (χ0) is 22.1. The van der Waals surface area contributed by atoms with E-state index in [9.17, 15) is 32.1 Å². The van der Waals surface area contributed by atoms with E-state index in [2.05, 4.69) is 4.72 Å². The van der Waals surface area contributed by atoms with Gasteiger partial charge >= 0.3 is 5.69 Å². The monoisotopic (exact) mass is 455 g/mol. The van der Waals surface area contributed by atoms with Crippen LogP contribution in [0.1, 0.15) is 19.8 Å². The second-order valence-corrected chi connectivity index (χ2v) is 10.8. The highest BCUT2D eigenvalue weighted by molar-refractivity contribution is 7.92. The van der Waals surface area contributed by atoms with Crippen molar-refractivity contribution < 1.29 is 26.9 Å². The molecule has 1 aliphatic rings. The van der Waals surface area contributed by atoms with Gasteiger partial charge in [-0.3, -0.25) is 14.8 Å². The summed E-state index contributed by atoms with van der Waals surface area (Å²) in [5.41, 5.74) is -0.647. The molecular weight excluding hydrogens is 434 g/mol. The second kappa shape index (κ2) is 8.20. The largest absolute Gasteiger partial charge is 0.502 e. The summed E-state index contributed by atoms with van der Waals surface area (Å²) in [6, 6.07) is 7.94. The molecule has 30 heavy (non-hydrogen) atoms. The first kappa shape index (κ1) is 22.0. The standard InChI is InChI=1S/C18H21N3O7S2/c1-13-3-2-10-20(12-13)30(27,28)15-6-4-14(5-7-15)19-29(25,26)16-8-9-18(22)17(11-16)21(23)24/h4-9,11,13,19,22H,2-3,10,12H2,1H3. The average Bonchev–Trinajstić information content (AvgIpc) is 2.68. The molecule has 2 aromatic carbocycles. The van der Waals surface area contributed by atoms with Crippen molar-refractivity contribution in [3.05, 3.63) is 52.6 Å². The Balaban J connectivity index is 1.81. The van der Waals surface area contributed by atoms with Gasteiger partial charge in [0.05, 0.1) is 14.7 Å². The highest BCUT2D eigenvalue weighted by atomic mass is 32.2. The van der Waals surface area contributed by atoms with Crippen LogP contribution in [0.5, 0.6) is 5.75 Å². The summed E-state index contributed by atoms with van der Waals surface area (Å²) in [7, 11) is -7.86. The third-order valence-electron chi connectivity index (χ3n) is 4.82. The smallest absolute Gasteiger partial charge is 0.312 e. The first-order chi connectivity index (χ1) is 14.0. The molecule has 1 fully saturated rings. The van der Waals surface area contributed by atoms with Crippen molar-refractivity contribution in [1.29, 1.82) is 0 Å². The van der Waals surface area contributed by atoms with Gasteiger partial charge in [0.25, 0.3) is 10.0 Å². The van der Waals surface area contributed by atoms with Crippen molar-refractivity contribution in [3.8, 4) is 5.75 Å². The number of anilines is 1. The fourth-order valence-corrected chi connectivity index (χ4v) is 5.92. The van der Waals surface area contributed by atoms with Crippen LogP contribution in [0.25, 0.3) is 0 Å². The van der Waals surface area contributed by atoms with E-state index in [1.165, 1.54) is 28.6 Å². The van der Waals surface area contributed by atoms with Gasteiger partial charge in [-0.15, -0.1) is 0 Å². The van der Waals surface area contributed by atoms with Crippen LogP contribution in [0, 0.1) is 16.0 Å². The van der Waals surface area contributed by atoms with Crippen molar-refractivity contribution in [2.24, 2.45) is 5.92 Å². The van der Waals surface area contributed by atoms with Crippen LogP contribution in [0.15, 0.2) is 52.3 Å². The molecule has 1 heterocycles. The number of piperidine rings is 1. The molecule has 1 aliphatic heterocycles. The Bertz CT molecular complexity index is 1160. The van der Waals surface area contributed by atoms with E-state index in [0.717, 1.165) is 31.0 Å². The number of phenols is 1. The second-order valence-electron chi connectivity index (χ2n) is 7.15. The number of hydrogen-bond acceptors (Lipinski definition) is 7. The maximum Gasteiger partial charge on any atom is 0.312 e. The Morgan fingerprint density at radius 2 is 1.73 bits per heavy atom. The van der Waals surface area contributed by atoms with Gasteiger partial charge in [-0.25, -0.2) is 16.8 Å². The van der Waals surface area contributed by atoms with E-state index in [4.69, 9.17) is 0 Å². The van der Waals surface area contributed by atoms with Crippen LogP contribution in [0.3, 0.4) is 0 Å². The van der Waals surface area contributed by atoms with Crippen LogP contribution < -0.4 is 4.72 Å². The summed E-state index contributed by atoms with van der Waals surface area (Å²) in [6.45, 7) is 2.88. The number of hydrogen-bond donors (Lipinski definition) is 2. The van der Waals surface area contributed by atoms with Gasteiger partial charge in [0.2, 0.25) is 10.0 Å². The molecule has 1 unspecified atom stereocenters. The molecule has 0 amide bonds. The Morgan fingerprint density at radius 3 is 2.33 bits per heavy atom. The van der Waals surface area contributed by atoms with Crippen molar-refractivity contribution in [1.82, 2.24) is 4.31 Å². The number of aromatic hydroxyl groups is 1.